The SMILES string of the molecule is O=Cc1ccc2c(c1)c(O)nn2Cc1ccc(Cl)cc1C(F)(F)F. The lowest BCUT2D eigenvalue weighted by Gasteiger charge is -2.13. The molecule has 0 aliphatic carbocycles. The van der Waals surface area contributed by atoms with Gasteiger partial charge in [-0.3, -0.25) is 9.48 Å². The molecule has 124 valence electrons. The highest BCUT2D eigenvalue weighted by Gasteiger charge is 2.33. The molecule has 0 fully saturated rings. The number of hydrogen-bond acceptors (Lipinski definition) is 3. The zero-order valence-electron chi connectivity index (χ0n) is 12.0. The molecule has 3 rings (SSSR count). The molecule has 0 aliphatic rings. The highest BCUT2D eigenvalue weighted by Crippen LogP contribution is 2.35. The number of aromatic nitrogens is 2. The van der Waals surface area contributed by atoms with Crippen LogP contribution in [0.2, 0.25) is 5.02 Å². The standard InChI is InChI=1S/C16H10ClF3N2O2/c17-11-3-2-10(13(6-11)16(18,19)20)7-22-14-4-1-9(8-23)5-12(14)15(24)21-22/h1-6,8H,7H2,(H,21,24). The smallest absolute Gasteiger partial charge is 0.416 e. The van der Waals surface area contributed by atoms with Gasteiger partial charge in [0.2, 0.25) is 5.88 Å². The van der Waals surface area contributed by atoms with Gasteiger partial charge in [0.15, 0.2) is 0 Å². The van der Waals surface area contributed by atoms with Crippen LogP contribution in [0.3, 0.4) is 0 Å². The largest absolute Gasteiger partial charge is 0.492 e. The molecule has 2 aromatic carbocycles. The van der Waals surface area contributed by atoms with Crippen molar-refractivity contribution in [2.75, 3.05) is 0 Å². The summed E-state index contributed by atoms with van der Waals surface area (Å²) < 4.78 is 40.8. The van der Waals surface area contributed by atoms with Crippen molar-refractivity contribution in [3.05, 3.63) is 58.1 Å². The van der Waals surface area contributed by atoms with Crippen molar-refractivity contribution in [1.82, 2.24) is 9.78 Å². The van der Waals surface area contributed by atoms with Gasteiger partial charge in [-0.25, -0.2) is 0 Å². The molecular formula is C16H10ClF3N2O2. The van der Waals surface area contributed by atoms with Gasteiger partial charge >= 0.3 is 6.18 Å². The minimum absolute atomic E-state index is 0.0186. The summed E-state index contributed by atoms with van der Waals surface area (Å²) in [6.45, 7) is -0.205. The molecule has 0 aliphatic heterocycles. The Balaban J connectivity index is 2.10. The molecular weight excluding hydrogens is 345 g/mol. The van der Waals surface area contributed by atoms with Crippen LogP contribution >= 0.6 is 11.6 Å². The van der Waals surface area contributed by atoms with Gasteiger partial charge in [0.25, 0.3) is 0 Å². The molecule has 0 amide bonds. The third kappa shape index (κ3) is 2.94. The molecule has 8 heteroatoms. The monoisotopic (exact) mass is 354 g/mol. The van der Waals surface area contributed by atoms with Crippen LogP contribution in [0.25, 0.3) is 10.9 Å². The minimum Gasteiger partial charge on any atom is -0.492 e. The van der Waals surface area contributed by atoms with Gasteiger partial charge in [-0.05, 0) is 35.9 Å². The van der Waals surface area contributed by atoms with E-state index in [1.165, 1.54) is 35.0 Å². The van der Waals surface area contributed by atoms with Crippen molar-refractivity contribution in [1.29, 1.82) is 0 Å². The first kappa shape index (κ1) is 16.3. The van der Waals surface area contributed by atoms with Crippen LogP contribution in [0.5, 0.6) is 5.88 Å². The Morgan fingerprint density at radius 2 is 1.96 bits per heavy atom. The van der Waals surface area contributed by atoms with E-state index in [4.69, 9.17) is 11.6 Å². The number of halogens is 4. The van der Waals surface area contributed by atoms with E-state index in [-0.39, 0.29) is 23.0 Å². The Bertz CT molecular complexity index is 935. The van der Waals surface area contributed by atoms with Crippen molar-refractivity contribution in [3.8, 4) is 5.88 Å². The number of alkyl halides is 3. The van der Waals surface area contributed by atoms with E-state index in [1.54, 1.807) is 0 Å². The van der Waals surface area contributed by atoms with E-state index in [9.17, 15) is 23.1 Å². The Kier molecular flexibility index (Phi) is 3.96. The number of carbonyl (C=O) groups is 1. The van der Waals surface area contributed by atoms with Gasteiger partial charge in [0, 0.05) is 10.6 Å². The molecule has 0 atom stereocenters. The lowest BCUT2D eigenvalue weighted by atomic mass is 10.1. The van der Waals surface area contributed by atoms with E-state index >= 15 is 0 Å². The number of rotatable bonds is 3. The summed E-state index contributed by atoms with van der Waals surface area (Å²) >= 11 is 5.66. The second-order valence-electron chi connectivity index (χ2n) is 5.17. The second-order valence-corrected chi connectivity index (χ2v) is 5.61. The normalized spacial score (nSPS) is 11.8. The lowest BCUT2D eigenvalue weighted by molar-refractivity contribution is -0.138. The van der Waals surface area contributed by atoms with Gasteiger partial charge < -0.3 is 5.11 Å². The number of hydrogen-bond donors (Lipinski definition) is 1. The maximum absolute atomic E-state index is 13.2. The molecule has 0 unspecified atom stereocenters. The number of fused-ring (bicyclic) bond motifs is 1. The number of carbonyl (C=O) groups excluding carboxylic acids is 1. The average Bonchev–Trinajstić information content (AvgIpc) is 2.83. The summed E-state index contributed by atoms with van der Waals surface area (Å²) in [6, 6.07) is 7.94. The topological polar surface area (TPSA) is 55.1 Å². The molecule has 4 nitrogen and oxygen atoms in total. The van der Waals surface area contributed by atoms with E-state index < -0.39 is 11.7 Å². The summed E-state index contributed by atoms with van der Waals surface area (Å²) in [7, 11) is 0. The van der Waals surface area contributed by atoms with Gasteiger partial charge in [0.1, 0.15) is 6.29 Å². The van der Waals surface area contributed by atoms with Crippen molar-refractivity contribution in [2.45, 2.75) is 12.7 Å². The molecule has 3 aromatic rings. The average molecular weight is 355 g/mol. The Hall–Kier alpha value is -2.54. The third-order valence-electron chi connectivity index (χ3n) is 3.59. The Morgan fingerprint density at radius 3 is 2.62 bits per heavy atom. The first-order valence-electron chi connectivity index (χ1n) is 6.80. The summed E-state index contributed by atoms with van der Waals surface area (Å²) in [5.41, 5.74) is -0.139. The first-order valence-corrected chi connectivity index (χ1v) is 7.17. The first-order chi connectivity index (χ1) is 11.3. The van der Waals surface area contributed by atoms with E-state index in [0.29, 0.717) is 22.8 Å². The number of aldehydes is 1. The fourth-order valence-electron chi connectivity index (χ4n) is 2.49. The van der Waals surface area contributed by atoms with Gasteiger partial charge in [-0.1, -0.05) is 17.7 Å². The predicted molar refractivity (Wildman–Crippen MR) is 82.3 cm³/mol. The number of aromatic hydroxyl groups is 1. The fourth-order valence-corrected chi connectivity index (χ4v) is 2.66. The van der Waals surface area contributed by atoms with Gasteiger partial charge in [-0.2, -0.15) is 13.2 Å². The number of nitrogens with zero attached hydrogens (tertiary/aromatic N) is 2. The minimum atomic E-state index is -4.56. The van der Waals surface area contributed by atoms with Crippen molar-refractivity contribution < 1.29 is 23.1 Å². The van der Waals surface area contributed by atoms with Crippen LogP contribution in [0.1, 0.15) is 21.5 Å². The Labute approximate surface area is 139 Å². The zero-order chi connectivity index (χ0) is 17.5. The molecule has 1 aromatic heterocycles. The number of benzene rings is 2. The highest BCUT2D eigenvalue weighted by atomic mass is 35.5. The summed E-state index contributed by atoms with van der Waals surface area (Å²) in [5, 5.41) is 14.0. The summed E-state index contributed by atoms with van der Waals surface area (Å²) in [6.07, 6.45) is -3.95. The second kappa shape index (κ2) is 5.83. The van der Waals surface area contributed by atoms with E-state index in [1.807, 2.05) is 0 Å². The zero-order valence-corrected chi connectivity index (χ0v) is 12.8. The highest BCUT2D eigenvalue weighted by molar-refractivity contribution is 6.30. The molecule has 1 heterocycles. The maximum atomic E-state index is 13.2. The quantitative estimate of drug-likeness (QED) is 0.714. The van der Waals surface area contributed by atoms with Crippen molar-refractivity contribution in [3.63, 3.8) is 0 Å². The molecule has 0 saturated carbocycles. The summed E-state index contributed by atoms with van der Waals surface area (Å²) in [5.74, 6) is -0.351. The van der Waals surface area contributed by atoms with Crippen LogP contribution in [0.4, 0.5) is 13.2 Å². The fraction of sp³-hybridized carbons (Fsp3) is 0.125. The van der Waals surface area contributed by atoms with Crippen LogP contribution in [0.15, 0.2) is 36.4 Å². The molecule has 0 radical (unpaired) electrons. The molecule has 0 bridgehead atoms. The van der Waals surface area contributed by atoms with Crippen molar-refractivity contribution >= 4 is 28.8 Å². The van der Waals surface area contributed by atoms with Gasteiger partial charge in [-0.15, -0.1) is 5.10 Å². The van der Waals surface area contributed by atoms with Crippen LogP contribution < -0.4 is 0 Å². The molecule has 0 spiro atoms. The predicted octanol–water partition coefficient (Wildman–Crippen LogP) is 4.27. The molecule has 1 N–H and O–H groups in total. The summed E-state index contributed by atoms with van der Waals surface area (Å²) in [4.78, 5) is 10.8. The van der Waals surface area contributed by atoms with E-state index in [2.05, 4.69) is 5.10 Å². The third-order valence-corrected chi connectivity index (χ3v) is 3.82. The van der Waals surface area contributed by atoms with Crippen LogP contribution in [-0.2, 0) is 12.7 Å². The maximum Gasteiger partial charge on any atom is 0.416 e. The van der Waals surface area contributed by atoms with Gasteiger partial charge in [0.05, 0.1) is 23.0 Å². The van der Waals surface area contributed by atoms with Crippen LogP contribution in [0, 0.1) is 0 Å². The molecule has 0 saturated heterocycles. The van der Waals surface area contributed by atoms with E-state index in [0.717, 1.165) is 6.07 Å². The van der Waals surface area contributed by atoms with Crippen molar-refractivity contribution in [2.24, 2.45) is 0 Å². The lowest BCUT2D eigenvalue weighted by Crippen LogP contribution is -2.12. The Morgan fingerprint density at radius 1 is 1.21 bits per heavy atom. The molecule has 24 heavy (non-hydrogen) atoms. The van der Waals surface area contributed by atoms with Crippen LogP contribution in [-0.4, -0.2) is 21.2 Å².